The molecule has 0 saturated heterocycles. The van der Waals surface area contributed by atoms with E-state index < -0.39 is 70.0 Å². The van der Waals surface area contributed by atoms with Crippen LogP contribution in [0.1, 0.15) is 27.0 Å². The molecule has 0 aromatic heterocycles. The highest BCUT2D eigenvalue weighted by molar-refractivity contribution is 6.98. The second-order valence-electron chi connectivity index (χ2n) is 17.2. The van der Waals surface area contributed by atoms with Gasteiger partial charge in [-0.3, -0.25) is 24.0 Å². The van der Waals surface area contributed by atoms with Crippen molar-refractivity contribution >= 4 is 83.0 Å². The van der Waals surface area contributed by atoms with E-state index in [1.54, 1.807) is 49.2 Å². The molecule has 18 nitrogen and oxygen atoms in total. The Balaban J connectivity index is 1.26. The van der Waals surface area contributed by atoms with Gasteiger partial charge in [0, 0.05) is 36.6 Å². The lowest BCUT2D eigenvalue weighted by Crippen LogP contribution is -2.50. The topological polar surface area (TPSA) is 247 Å². The van der Waals surface area contributed by atoms with Crippen molar-refractivity contribution in [3.8, 4) is 11.5 Å². The molecular formula is C50H54N5O13Si+. The van der Waals surface area contributed by atoms with Crippen molar-refractivity contribution in [2.24, 2.45) is 0 Å². The van der Waals surface area contributed by atoms with E-state index in [0.717, 1.165) is 53.9 Å². The highest BCUT2D eigenvalue weighted by Gasteiger charge is 2.41. The second kappa shape index (κ2) is 21.2. The summed E-state index contributed by atoms with van der Waals surface area (Å²) in [7, 11) is 3.24. The molecule has 1 amide bonds. The van der Waals surface area contributed by atoms with Crippen molar-refractivity contribution in [1.82, 2.24) is 0 Å². The molecule has 0 saturated carbocycles. The van der Waals surface area contributed by atoms with Crippen LogP contribution in [0.4, 0.5) is 22.7 Å². The van der Waals surface area contributed by atoms with Crippen LogP contribution in [-0.2, 0) is 24.0 Å². The Morgan fingerprint density at radius 2 is 1.23 bits per heavy atom. The van der Waals surface area contributed by atoms with Crippen molar-refractivity contribution in [3.63, 3.8) is 0 Å². The molecule has 69 heavy (non-hydrogen) atoms. The molecule has 1 heterocycles. The SMILES string of the molecule is Cc1ccc(N(CC(=O)O)CC(=O)O)c(OCCOc2cc(NC(=O)CN(C)c3ccc4c(c3)[Si](C)(C)C3=CC(=[N+](C)C)C=CC3=C4c3ccccc3C(=O)O)ccc2N(CC(=O)O)CC(=O)O)c1. The second-order valence-corrected chi connectivity index (χ2v) is 21.6. The number of aryl methyl sites for hydroxylation is 1. The molecule has 360 valence electrons. The minimum absolute atomic E-state index is 0.0196. The van der Waals surface area contributed by atoms with Gasteiger partial charge < -0.3 is 55.0 Å². The maximum atomic E-state index is 13.8. The van der Waals surface area contributed by atoms with Gasteiger partial charge >= 0.3 is 29.8 Å². The Bertz CT molecular complexity index is 2830. The number of likely N-dealkylation sites (N-methyl/N-ethyl adjacent to an activating group) is 1. The van der Waals surface area contributed by atoms with E-state index in [0.29, 0.717) is 5.56 Å². The van der Waals surface area contributed by atoms with Gasteiger partial charge in [-0.25, -0.2) is 9.37 Å². The van der Waals surface area contributed by atoms with E-state index in [2.05, 4.69) is 36.6 Å². The van der Waals surface area contributed by atoms with E-state index >= 15 is 0 Å². The van der Waals surface area contributed by atoms with Gasteiger partial charge in [0.25, 0.3) is 0 Å². The number of aliphatic carboxylic acids is 4. The maximum Gasteiger partial charge on any atom is 0.336 e. The predicted molar refractivity (Wildman–Crippen MR) is 263 cm³/mol. The summed E-state index contributed by atoms with van der Waals surface area (Å²) < 4.78 is 14.1. The summed E-state index contributed by atoms with van der Waals surface area (Å²) in [6.45, 7) is 3.16. The molecule has 0 atom stereocenters. The summed E-state index contributed by atoms with van der Waals surface area (Å²) in [5.74, 6) is -6.38. The molecule has 6 rings (SSSR count). The smallest absolute Gasteiger partial charge is 0.336 e. The van der Waals surface area contributed by atoms with Gasteiger partial charge in [0.05, 0.1) is 23.5 Å². The van der Waals surface area contributed by atoms with E-state index in [1.807, 2.05) is 49.0 Å². The van der Waals surface area contributed by atoms with Gasteiger partial charge in [-0.05, 0) is 93.7 Å². The fraction of sp³-hybridized carbons (Fsp3) is 0.260. The van der Waals surface area contributed by atoms with E-state index in [9.17, 15) is 54.3 Å². The van der Waals surface area contributed by atoms with Crippen LogP contribution >= 0.6 is 0 Å². The Morgan fingerprint density at radius 3 is 1.80 bits per heavy atom. The van der Waals surface area contributed by atoms with Crippen LogP contribution in [0.3, 0.4) is 0 Å². The Hall–Kier alpha value is -8.19. The number of carbonyl (C=O) groups is 6. The van der Waals surface area contributed by atoms with Crippen molar-refractivity contribution < 1.29 is 68.3 Å². The molecule has 4 aromatic carbocycles. The number of fused-ring (bicyclic) bond motifs is 2. The average molecular weight is 961 g/mol. The number of nitrogens with zero attached hydrogens (tertiary/aromatic N) is 4. The Kier molecular flexibility index (Phi) is 15.4. The minimum Gasteiger partial charge on any atom is -0.488 e. The summed E-state index contributed by atoms with van der Waals surface area (Å²) >= 11 is 0. The molecule has 0 unspecified atom stereocenters. The van der Waals surface area contributed by atoms with Gasteiger partial charge in [-0.1, -0.05) is 43.4 Å². The molecule has 1 aliphatic carbocycles. The van der Waals surface area contributed by atoms with Gasteiger partial charge in [0.2, 0.25) is 5.91 Å². The Labute approximate surface area is 398 Å². The predicted octanol–water partition coefficient (Wildman–Crippen LogP) is 4.66. The molecular weight excluding hydrogens is 907 g/mol. The number of rotatable bonds is 21. The zero-order valence-electron chi connectivity index (χ0n) is 39.0. The van der Waals surface area contributed by atoms with E-state index in [-0.39, 0.29) is 53.9 Å². The van der Waals surface area contributed by atoms with Gasteiger partial charge in [-0.2, -0.15) is 0 Å². The fourth-order valence-electron chi connectivity index (χ4n) is 8.40. The zero-order valence-corrected chi connectivity index (χ0v) is 40.0. The number of anilines is 4. The van der Waals surface area contributed by atoms with Crippen molar-refractivity contribution in [1.29, 1.82) is 0 Å². The number of aromatic carboxylic acids is 1. The number of hydrogen-bond acceptors (Lipinski definition) is 11. The van der Waals surface area contributed by atoms with Crippen molar-refractivity contribution in [2.45, 2.75) is 20.0 Å². The fourth-order valence-corrected chi connectivity index (χ4v) is 11.5. The van der Waals surface area contributed by atoms with Gasteiger partial charge in [0.1, 0.15) is 73.1 Å². The summed E-state index contributed by atoms with van der Waals surface area (Å²) in [5, 5.41) is 53.5. The van der Waals surface area contributed by atoms with Crippen molar-refractivity contribution in [3.05, 3.63) is 130 Å². The van der Waals surface area contributed by atoms with E-state index in [1.165, 1.54) is 18.2 Å². The first-order chi connectivity index (χ1) is 32.6. The largest absolute Gasteiger partial charge is 0.488 e. The molecule has 6 N–H and O–H groups in total. The number of amides is 1. The number of ether oxygens (including phenoxy) is 2. The third-order valence-corrected chi connectivity index (χ3v) is 15.1. The lowest BCUT2D eigenvalue weighted by Gasteiger charge is -2.38. The molecule has 0 fully saturated rings. The number of carboxylic acids is 5. The Morgan fingerprint density at radius 1 is 0.667 bits per heavy atom. The van der Waals surface area contributed by atoms with E-state index in [4.69, 9.17) is 9.47 Å². The van der Waals surface area contributed by atoms with Crippen LogP contribution in [0.5, 0.6) is 11.5 Å². The quantitative estimate of drug-likeness (QED) is 0.0378. The number of nitrogens with one attached hydrogen (secondary N) is 1. The van der Waals surface area contributed by atoms with Crippen LogP contribution in [0.15, 0.2) is 108 Å². The first-order valence-electron chi connectivity index (χ1n) is 21.7. The summed E-state index contributed by atoms with van der Waals surface area (Å²) in [6.07, 6.45) is 6.28. The molecule has 1 aliphatic heterocycles. The van der Waals surface area contributed by atoms with Crippen LogP contribution < -0.4 is 34.7 Å². The number of carbonyl (C=O) groups excluding carboxylic acids is 1. The minimum atomic E-state index is -2.47. The number of carboxylic acid groups (broad SMARTS) is 5. The monoisotopic (exact) mass is 960 g/mol. The maximum absolute atomic E-state index is 13.8. The normalized spacial score (nSPS) is 13.3. The third-order valence-electron chi connectivity index (χ3n) is 11.6. The third kappa shape index (κ3) is 11.9. The van der Waals surface area contributed by atoms with Crippen molar-refractivity contribution in [2.75, 3.05) is 87.1 Å². The van der Waals surface area contributed by atoms with Gasteiger partial charge in [-0.15, -0.1) is 0 Å². The molecule has 0 spiro atoms. The molecule has 4 aromatic rings. The zero-order chi connectivity index (χ0) is 50.3. The highest BCUT2D eigenvalue weighted by Crippen LogP contribution is 2.43. The molecule has 0 radical (unpaired) electrons. The van der Waals surface area contributed by atoms with Crippen LogP contribution in [0.2, 0.25) is 13.1 Å². The molecule has 19 heteroatoms. The first kappa shape index (κ1) is 50.2. The lowest BCUT2D eigenvalue weighted by atomic mass is 9.87. The lowest BCUT2D eigenvalue weighted by molar-refractivity contribution is -0.462. The average Bonchev–Trinajstić information content (AvgIpc) is 3.27. The number of benzene rings is 4. The van der Waals surface area contributed by atoms with Gasteiger partial charge in [0.15, 0.2) is 5.71 Å². The van der Waals surface area contributed by atoms with Crippen LogP contribution in [0.25, 0.3) is 5.57 Å². The number of allylic oxidation sites excluding steroid dienone is 5. The summed E-state index contributed by atoms with van der Waals surface area (Å²) in [5.41, 5.74) is 6.56. The van der Waals surface area contributed by atoms with Crippen LogP contribution in [-0.4, -0.2) is 147 Å². The summed E-state index contributed by atoms with van der Waals surface area (Å²) in [6, 6.07) is 22.1. The highest BCUT2D eigenvalue weighted by atomic mass is 28.3. The molecule has 2 aliphatic rings. The van der Waals surface area contributed by atoms with Crippen LogP contribution in [0, 0.1) is 6.92 Å². The number of hydrogen-bond donors (Lipinski definition) is 6. The standard InChI is InChI=1S/C50H53N5O13Si/c1-30-11-17-38(54(26-45(57)58)27-46(59)60)40(21-30)67-19-20-68-41-22-31(12-18-39(41)55(28-47(61)62)29-48(63)64)51-44(56)25-53(4)33-14-16-37-43(24-33)69(5,6)42-23-32(52(2)3)13-15-36(42)49(37)34-9-7-8-10-35(34)50(65)66/h7-18,21-24H,19-20,25-29H2,1-6H3,(H5-,51,56,57,58,59,60,61,62,63,64,65,66)/p+1. The molecule has 0 bridgehead atoms. The summed E-state index contributed by atoms with van der Waals surface area (Å²) in [4.78, 5) is 77.2. The first-order valence-corrected chi connectivity index (χ1v) is 24.7.